The Hall–Kier alpha value is -1.85. The molecule has 0 radical (unpaired) electrons. The van der Waals surface area contributed by atoms with Gasteiger partial charge < -0.3 is 16.0 Å². The molecule has 0 fully saturated rings. The fourth-order valence-electron chi connectivity index (χ4n) is 1.74. The third kappa shape index (κ3) is 5.03. The molecule has 1 rings (SSSR count). The molecule has 0 aliphatic carbocycles. The Bertz CT molecular complexity index is 459. The van der Waals surface area contributed by atoms with Crippen LogP contribution >= 0.6 is 0 Å². The molecule has 0 atom stereocenters. The van der Waals surface area contributed by atoms with Crippen LogP contribution in [0.1, 0.15) is 31.7 Å². The lowest BCUT2D eigenvalue weighted by molar-refractivity contribution is -0.120. The summed E-state index contributed by atoms with van der Waals surface area (Å²) in [5, 5.41) is 9.13. The van der Waals surface area contributed by atoms with Crippen molar-refractivity contribution in [1.29, 1.82) is 0 Å². The van der Waals surface area contributed by atoms with Crippen LogP contribution in [-0.2, 0) is 4.79 Å². The van der Waals surface area contributed by atoms with Gasteiger partial charge in [-0.1, -0.05) is 13.8 Å². The Kier molecular flexibility index (Phi) is 6.21. The molecule has 3 N–H and O–H groups in total. The molecular weight excluding hydrogens is 254 g/mol. The number of nitrogens with zero attached hydrogens (tertiary/aromatic N) is 2. The molecule has 0 bridgehead atoms. The van der Waals surface area contributed by atoms with Crippen molar-refractivity contribution in [2.24, 2.45) is 5.92 Å². The van der Waals surface area contributed by atoms with E-state index in [0.717, 1.165) is 17.2 Å². The van der Waals surface area contributed by atoms with Gasteiger partial charge in [-0.3, -0.25) is 4.79 Å². The number of anilines is 2. The van der Waals surface area contributed by atoms with Crippen molar-refractivity contribution in [3.05, 3.63) is 11.4 Å². The molecule has 1 heterocycles. The fourth-order valence-corrected chi connectivity index (χ4v) is 1.74. The van der Waals surface area contributed by atoms with E-state index < -0.39 is 0 Å². The average molecular weight is 279 g/mol. The summed E-state index contributed by atoms with van der Waals surface area (Å²) in [6.07, 6.45) is 0.435. The highest BCUT2D eigenvalue weighted by atomic mass is 16.1. The topological polar surface area (TPSA) is 78.9 Å². The van der Waals surface area contributed by atoms with E-state index in [1.807, 2.05) is 20.9 Å². The van der Waals surface area contributed by atoms with E-state index in [-0.39, 0.29) is 5.91 Å². The van der Waals surface area contributed by atoms with Gasteiger partial charge in [-0.05, 0) is 19.8 Å². The number of hydrogen-bond acceptors (Lipinski definition) is 5. The number of nitrogens with one attached hydrogen (secondary N) is 3. The quantitative estimate of drug-likeness (QED) is 0.708. The number of carbonyl (C=O) groups excluding carboxylic acids is 1. The van der Waals surface area contributed by atoms with Crippen molar-refractivity contribution in [1.82, 2.24) is 15.3 Å². The molecule has 0 saturated carbocycles. The molecule has 20 heavy (non-hydrogen) atoms. The summed E-state index contributed by atoms with van der Waals surface area (Å²) in [5.74, 6) is 2.81. The van der Waals surface area contributed by atoms with Gasteiger partial charge in [0.25, 0.3) is 0 Å². The lowest BCUT2D eigenvalue weighted by Gasteiger charge is -2.13. The first-order valence-corrected chi connectivity index (χ1v) is 6.97. The second-order valence-electron chi connectivity index (χ2n) is 5.22. The lowest BCUT2D eigenvalue weighted by atomic mass is 10.2. The zero-order valence-corrected chi connectivity index (χ0v) is 13.0. The molecule has 0 aliphatic rings. The van der Waals surface area contributed by atoms with Crippen LogP contribution in [0, 0.1) is 19.8 Å². The maximum absolute atomic E-state index is 11.6. The van der Waals surface area contributed by atoms with E-state index in [1.54, 1.807) is 0 Å². The van der Waals surface area contributed by atoms with E-state index in [2.05, 4.69) is 39.8 Å². The van der Waals surface area contributed by atoms with Gasteiger partial charge in [0.1, 0.15) is 17.5 Å². The lowest BCUT2D eigenvalue weighted by Crippen LogP contribution is -2.28. The predicted molar refractivity (Wildman–Crippen MR) is 82.0 cm³/mol. The van der Waals surface area contributed by atoms with Crippen molar-refractivity contribution in [3.8, 4) is 0 Å². The third-order valence-corrected chi connectivity index (χ3v) is 2.85. The van der Waals surface area contributed by atoms with Gasteiger partial charge in [-0.25, -0.2) is 9.97 Å². The van der Waals surface area contributed by atoms with E-state index in [1.165, 1.54) is 0 Å². The first-order valence-electron chi connectivity index (χ1n) is 6.97. The first kappa shape index (κ1) is 16.2. The summed E-state index contributed by atoms with van der Waals surface area (Å²) in [7, 11) is 1.83. The predicted octanol–water partition coefficient (Wildman–Crippen LogP) is 1.71. The molecule has 0 unspecified atom stereocenters. The van der Waals surface area contributed by atoms with E-state index in [0.29, 0.717) is 31.3 Å². The SMILES string of the molecule is CNc1nc(C)nc(NCCC(=O)NCC(C)C)c1C. The highest BCUT2D eigenvalue weighted by Gasteiger charge is 2.08. The summed E-state index contributed by atoms with van der Waals surface area (Å²) in [6.45, 7) is 9.22. The summed E-state index contributed by atoms with van der Waals surface area (Å²) >= 11 is 0. The van der Waals surface area contributed by atoms with Gasteiger partial charge in [0.05, 0.1) is 0 Å². The van der Waals surface area contributed by atoms with Gasteiger partial charge >= 0.3 is 0 Å². The Morgan fingerprint density at radius 3 is 2.45 bits per heavy atom. The molecule has 0 spiro atoms. The number of aryl methyl sites for hydroxylation is 1. The smallest absolute Gasteiger partial charge is 0.221 e. The molecule has 0 aromatic carbocycles. The first-order chi connectivity index (χ1) is 9.43. The Balaban J connectivity index is 2.50. The molecule has 1 aromatic rings. The largest absolute Gasteiger partial charge is 0.373 e. The van der Waals surface area contributed by atoms with E-state index in [9.17, 15) is 4.79 Å². The second-order valence-corrected chi connectivity index (χ2v) is 5.22. The second kappa shape index (κ2) is 7.67. The van der Waals surface area contributed by atoms with Gasteiger partial charge in [0, 0.05) is 32.1 Å². The van der Waals surface area contributed by atoms with Crippen LogP contribution in [0.2, 0.25) is 0 Å². The Morgan fingerprint density at radius 2 is 1.85 bits per heavy atom. The minimum absolute atomic E-state index is 0.0588. The Morgan fingerprint density at radius 1 is 1.20 bits per heavy atom. The standard InChI is InChI=1S/C14H25N5O/c1-9(2)8-17-12(20)6-7-16-14-10(3)13(15-5)18-11(4)19-14/h9H,6-8H2,1-5H3,(H,17,20)(H2,15,16,18,19). The van der Waals surface area contributed by atoms with Gasteiger partial charge in [0.2, 0.25) is 5.91 Å². The van der Waals surface area contributed by atoms with Crippen LogP contribution in [0.25, 0.3) is 0 Å². The van der Waals surface area contributed by atoms with Crippen LogP contribution in [0.3, 0.4) is 0 Å². The highest BCUT2D eigenvalue weighted by molar-refractivity contribution is 5.76. The van der Waals surface area contributed by atoms with Gasteiger partial charge in [0.15, 0.2) is 0 Å². The van der Waals surface area contributed by atoms with Crippen LogP contribution in [-0.4, -0.2) is 36.0 Å². The number of amides is 1. The van der Waals surface area contributed by atoms with E-state index >= 15 is 0 Å². The maximum Gasteiger partial charge on any atom is 0.221 e. The highest BCUT2D eigenvalue weighted by Crippen LogP contribution is 2.18. The third-order valence-electron chi connectivity index (χ3n) is 2.85. The maximum atomic E-state index is 11.6. The fraction of sp³-hybridized carbons (Fsp3) is 0.643. The summed E-state index contributed by atoms with van der Waals surface area (Å²) in [6, 6.07) is 0. The summed E-state index contributed by atoms with van der Waals surface area (Å²) in [4.78, 5) is 20.3. The molecule has 0 saturated heterocycles. The van der Waals surface area contributed by atoms with Crippen LogP contribution in [0.4, 0.5) is 11.6 Å². The molecule has 1 aromatic heterocycles. The molecule has 1 amide bonds. The molecule has 6 heteroatoms. The minimum atomic E-state index is 0.0588. The van der Waals surface area contributed by atoms with Gasteiger partial charge in [-0.15, -0.1) is 0 Å². The summed E-state index contributed by atoms with van der Waals surface area (Å²) < 4.78 is 0. The van der Waals surface area contributed by atoms with Crippen LogP contribution in [0.15, 0.2) is 0 Å². The van der Waals surface area contributed by atoms with E-state index in [4.69, 9.17) is 0 Å². The monoisotopic (exact) mass is 279 g/mol. The van der Waals surface area contributed by atoms with Crippen molar-refractivity contribution in [2.45, 2.75) is 34.1 Å². The van der Waals surface area contributed by atoms with Crippen LogP contribution in [0.5, 0.6) is 0 Å². The average Bonchev–Trinajstić information content (AvgIpc) is 2.39. The zero-order valence-electron chi connectivity index (χ0n) is 13.0. The number of rotatable bonds is 7. The van der Waals surface area contributed by atoms with Gasteiger partial charge in [-0.2, -0.15) is 0 Å². The summed E-state index contributed by atoms with van der Waals surface area (Å²) in [5.41, 5.74) is 0.959. The Labute approximate surface area is 120 Å². The van der Waals surface area contributed by atoms with Crippen molar-refractivity contribution in [3.63, 3.8) is 0 Å². The number of carbonyl (C=O) groups is 1. The minimum Gasteiger partial charge on any atom is -0.373 e. The molecule has 6 nitrogen and oxygen atoms in total. The molecular formula is C14H25N5O. The zero-order chi connectivity index (χ0) is 15.1. The molecule has 0 aliphatic heterocycles. The molecule has 112 valence electrons. The van der Waals surface area contributed by atoms with Crippen molar-refractivity contribution in [2.75, 3.05) is 30.8 Å². The van der Waals surface area contributed by atoms with Crippen molar-refractivity contribution >= 4 is 17.5 Å². The number of hydrogen-bond donors (Lipinski definition) is 3. The normalized spacial score (nSPS) is 10.5. The van der Waals surface area contributed by atoms with Crippen molar-refractivity contribution < 1.29 is 4.79 Å². The van der Waals surface area contributed by atoms with Crippen LogP contribution < -0.4 is 16.0 Å². The number of aromatic nitrogens is 2.